The van der Waals surface area contributed by atoms with Gasteiger partial charge in [0.25, 0.3) is 0 Å². The highest BCUT2D eigenvalue weighted by Gasteiger charge is 2.31. The van der Waals surface area contributed by atoms with Gasteiger partial charge in [-0.15, -0.1) is 0 Å². The molecule has 3 aromatic carbocycles. The molecule has 0 aromatic heterocycles. The summed E-state index contributed by atoms with van der Waals surface area (Å²) in [5.74, 6) is 3.64. The number of anilines is 1. The summed E-state index contributed by atoms with van der Waals surface area (Å²) in [4.78, 5) is 2.15. The first-order chi connectivity index (χ1) is 17.1. The van der Waals surface area contributed by atoms with E-state index >= 15 is 0 Å². The van der Waals surface area contributed by atoms with Crippen LogP contribution in [0.4, 0.5) is 5.69 Å². The molecule has 0 saturated carbocycles. The molecule has 0 aliphatic carbocycles. The van der Waals surface area contributed by atoms with E-state index in [1.807, 2.05) is 60.7 Å². The molecular weight excluding hydrogens is 464 g/mol. The van der Waals surface area contributed by atoms with Crippen LogP contribution in [0, 0.1) is 0 Å². The van der Waals surface area contributed by atoms with Crippen LogP contribution >= 0.6 is 12.2 Å². The van der Waals surface area contributed by atoms with Crippen LogP contribution in [-0.4, -0.2) is 51.6 Å². The molecule has 7 nitrogen and oxygen atoms in total. The van der Waals surface area contributed by atoms with Gasteiger partial charge in [0.05, 0.1) is 40.2 Å². The minimum atomic E-state index is -0.143. The predicted octanol–water partition coefficient (Wildman–Crippen LogP) is 5.10. The van der Waals surface area contributed by atoms with Crippen molar-refractivity contribution in [2.24, 2.45) is 0 Å². The highest BCUT2D eigenvalue weighted by Crippen LogP contribution is 2.39. The Morgan fingerprint density at radius 2 is 1.51 bits per heavy atom. The van der Waals surface area contributed by atoms with Gasteiger partial charge in [-0.3, -0.25) is 0 Å². The minimum Gasteiger partial charge on any atom is -0.497 e. The van der Waals surface area contributed by atoms with Gasteiger partial charge in [-0.2, -0.15) is 0 Å². The van der Waals surface area contributed by atoms with Gasteiger partial charge in [-0.25, -0.2) is 0 Å². The number of thiocarbonyl (C=S) groups is 1. The van der Waals surface area contributed by atoms with Crippen molar-refractivity contribution in [3.05, 3.63) is 71.8 Å². The molecule has 1 atom stereocenters. The highest BCUT2D eigenvalue weighted by atomic mass is 32.1. The number of rotatable bonds is 8. The summed E-state index contributed by atoms with van der Waals surface area (Å²) in [6, 6.07) is 19.2. The third-order valence-corrected chi connectivity index (χ3v) is 6.42. The fourth-order valence-corrected chi connectivity index (χ4v) is 4.56. The Kier molecular flexibility index (Phi) is 7.82. The molecule has 0 bridgehead atoms. The fraction of sp³-hybridized carbons (Fsp3) is 0.296. The number of nitrogens with zero attached hydrogens (tertiary/aromatic N) is 1. The van der Waals surface area contributed by atoms with Crippen molar-refractivity contribution < 1.29 is 23.7 Å². The maximum Gasteiger partial charge on any atom is 0.174 e. The van der Waals surface area contributed by atoms with Crippen LogP contribution < -0.4 is 29.0 Å². The second kappa shape index (κ2) is 11.2. The Hall–Kier alpha value is -3.65. The average molecular weight is 495 g/mol. The Balaban J connectivity index is 1.64. The normalized spacial score (nSPS) is 14.5. The molecule has 35 heavy (non-hydrogen) atoms. The van der Waals surface area contributed by atoms with E-state index in [1.165, 1.54) is 5.56 Å². The number of hydrogen-bond acceptors (Lipinski definition) is 6. The molecule has 1 heterocycles. The number of methoxy groups -OCH3 is 4. The zero-order valence-electron chi connectivity index (χ0n) is 20.4. The molecule has 3 aromatic rings. The lowest BCUT2D eigenvalue weighted by molar-refractivity contribution is 0.190. The highest BCUT2D eigenvalue weighted by molar-refractivity contribution is 7.80. The summed E-state index contributed by atoms with van der Waals surface area (Å²) >= 11 is 5.87. The van der Waals surface area contributed by atoms with Gasteiger partial charge >= 0.3 is 0 Å². The molecular formula is C27H30N2O5S. The van der Waals surface area contributed by atoms with Gasteiger partial charge in [0.2, 0.25) is 0 Å². The summed E-state index contributed by atoms with van der Waals surface area (Å²) in [5.41, 5.74) is 3.09. The number of fused-ring (bicyclic) bond motifs is 1. The fourth-order valence-electron chi connectivity index (χ4n) is 4.23. The molecule has 0 amide bonds. The largest absolute Gasteiger partial charge is 0.497 e. The zero-order chi connectivity index (χ0) is 24.8. The predicted molar refractivity (Wildman–Crippen MR) is 140 cm³/mol. The molecule has 1 aliphatic heterocycles. The zero-order valence-corrected chi connectivity index (χ0v) is 21.2. The van der Waals surface area contributed by atoms with Crippen molar-refractivity contribution in [3.63, 3.8) is 0 Å². The van der Waals surface area contributed by atoms with E-state index in [1.54, 1.807) is 28.4 Å². The average Bonchev–Trinajstić information content (AvgIpc) is 2.91. The first-order valence-electron chi connectivity index (χ1n) is 11.3. The summed E-state index contributed by atoms with van der Waals surface area (Å²) in [6.07, 6.45) is 0.808. The van der Waals surface area contributed by atoms with Crippen LogP contribution in [0.2, 0.25) is 0 Å². The molecule has 184 valence electrons. The van der Waals surface area contributed by atoms with Gasteiger partial charge < -0.3 is 33.9 Å². The molecule has 1 aliphatic rings. The Morgan fingerprint density at radius 3 is 2.20 bits per heavy atom. The van der Waals surface area contributed by atoms with E-state index in [9.17, 15) is 0 Å². The number of hydrogen-bond donors (Lipinski definition) is 1. The Bertz CT molecular complexity index is 1170. The van der Waals surface area contributed by atoms with E-state index in [-0.39, 0.29) is 6.04 Å². The number of nitrogens with one attached hydrogen (secondary N) is 1. The van der Waals surface area contributed by atoms with Gasteiger partial charge in [0.15, 0.2) is 16.6 Å². The maximum absolute atomic E-state index is 6.23. The van der Waals surface area contributed by atoms with Crippen LogP contribution in [0.25, 0.3) is 0 Å². The summed E-state index contributed by atoms with van der Waals surface area (Å²) in [6.45, 7) is 1.11. The molecule has 0 unspecified atom stereocenters. The van der Waals surface area contributed by atoms with Crippen molar-refractivity contribution in [1.82, 2.24) is 4.90 Å². The first kappa shape index (κ1) is 24.5. The van der Waals surface area contributed by atoms with Crippen LogP contribution in [-0.2, 0) is 6.42 Å². The van der Waals surface area contributed by atoms with Crippen molar-refractivity contribution in [2.45, 2.75) is 12.5 Å². The third-order valence-electron chi connectivity index (χ3n) is 6.08. The molecule has 0 fully saturated rings. The monoisotopic (exact) mass is 494 g/mol. The van der Waals surface area contributed by atoms with Crippen LogP contribution in [0.1, 0.15) is 17.2 Å². The standard InChI is InChI=1S/C27H30N2O5S/c1-30-19-9-11-20(12-10-19)34-17-23-21-16-26(33-4)25(32-3)15-18(21)13-14-29(23)27(35)28-22-7-5-6-8-24(22)31-2/h5-12,15-16,23H,13-14,17H2,1-4H3,(H,28,35)/t23-/m1/s1. The molecule has 4 rings (SSSR count). The second-order valence-electron chi connectivity index (χ2n) is 7.98. The van der Waals surface area contributed by atoms with E-state index in [4.69, 9.17) is 35.9 Å². The SMILES string of the molecule is COc1ccc(OC[C@@H]2c3cc(OC)c(OC)cc3CCN2C(=S)Nc2ccccc2OC)cc1. The Morgan fingerprint density at radius 1 is 0.857 bits per heavy atom. The topological polar surface area (TPSA) is 61.4 Å². The van der Waals surface area contributed by atoms with E-state index in [2.05, 4.69) is 10.2 Å². The molecule has 1 N–H and O–H groups in total. The minimum absolute atomic E-state index is 0.143. The van der Waals surface area contributed by atoms with Crippen LogP contribution in [0.3, 0.4) is 0 Å². The van der Waals surface area contributed by atoms with Gasteiger partial charge in [-0.05, 0) is 78.3 Å². The summed E-state index contributed by atoms with van der Waals surface area (Å²) < 4.78 is 28.1. The lowest BCUT2D eigenvalue weighted by atomic mass is 9.92. The molecule has 0 saturated heterocycles. The van der Waals surface area contributed by atoms with Gasteiger partial charge in [-0.1, -0.05) is 12.1 Å². The van der Waals surface area contributed by atoms with Crippen molar-refractivity contribution in [3.8, 4) is 28.7 Å². The van der Waals surface area contributed by atoms with E-state index in [0.29, 0.717) is 23.2 Å². The molecule has 0 radical (unpaired) electrons. The summed E-state index contributed by atoms with van der Waals surface area (Å²) in [7, 11) is 6.58. The van der Waals surface area contributed by atoms with Crippen LogP contribution in [0.15, 0.2) is 60.7 Å². The first-order valence-corrected chi connectivity index (χ1v) is 11.7. The number of para-hydroxylation sites is 2. The Labute approximate surface area is 211 Å². The van der Waals surface area contributed by atoms with Gasteiger partial charge in [0.1, 0.15) is 23.9 Å². The smallest absolute Gasteiger partial charge is 0.174 e. The van der Waals surface area contributed by atoms with Crippen LogP contribution in [0.5, 0.6) is 28.7 Å². The number of ether oxygens (including phenoxy) is 5. The molecule has 0 spiro atoms. The summed E-state index contributed by atoms with van der Waals surface area (Å²) in [5, 5.41) is 3.96. The van der Waals surface area contributed by atoms with Gasteiger partial charge in [0, 0.05) is 6.54 Å². The van der Waals surface area contributed by atoms with Crippen molar-refractivity contribution in [1.29, 1.82) is 0 Å². The third kappa shape index (κ3) is 5.38. The lowest BCUT2D eigenvalue weighted by Crippen LogP contribution is -2.44. The maximum atomic E-state index is 6.23. The number of benzene rings is 3. The lowest BCUT2D eigenvalue weighted by Gasteiger charge is -2.39. The molecule has 8 heteroatoms. The van der Waals surface area contributed by atoms with E-state index < -0.39 is 0 Å². The van der Waals surface area contributed by atoms with Crippen molar-refractivity contribution in [2.75, 3.05) is 46.9 Å². The second-order valence-corrected chi connectivity index (χ2v) is 8.37. The quantitative estimate of drug-likeness (QED) is 0.434. The van der Waals surface area contributed by atoms with Crippen molar-refractivity contribution >= 4 is 23.0 Å². The van der Waals surface area contributed by atoms with E-state index in [0.717, 1.165) is 41.5 Å².